The Kier molecular flexibility index (Phi) is 5.67. The fraction of sp³-hybridized carbons (Fsp3) is 0.941. The molecule has 4 atom stereocenters. The Labute approximate surface area is 129 Å². The monoisotopic (exact) mass is 296 g/mol. The summed E-state index contributed by atoms with van der Waals surface area (Å²) in [4.78, 5) is 14.2. The fourth-order valence-electron chi connectivity index (χ4n) is 3.93. The van der Waals surface area contributed by atoms with Crippen molar-refractivity contribution in [3.63, 3.8) is 0 Å². The molecule has 2 rings (SSSR count). The zero-order valence-corrected chi connectivity index (χ0v) is 13.9. The van der Waals surface area contributed by atoms with Gasteiger partial charge in [-0.1, -0.05) is 20.3 Å². The van der Waals surface area contributed by atoms with Gasteiger partial charge in [0.15, 0.2) is 0 Å². The van der Waals surface area contributed by atoms with E-state index < -0.39 is 11.5 Å². The first-order chi connectivity index (χ1) is 9.99. The van der Waals surface area contributed by atoms with E-state index in [4.69, 9.17) is 0 Å². The maximum absolute atomic E-state index is 11.8. The molecule has 2 N–H and O–H groups in total. The summed E-state index contributed by atoms with van der Waals surface area (Å²) in [6.45, 7) is 7.42. The Morgan fingerprint density at radius 1 is 1.48 bits per heavy atom. The van der Waals surface area contributed by atoms with Crippen molar-refractivity contribution in [2.75, 3.05) is 26.7 Å². The third kappa shape index (κ3) is 3.98. The molecule has 2 aliphatic carbocycles. The van der Waals surface area contributed by atoms with Crippen molar-refractivity contribution in [1.29, 1.82) is 0 Å². The van der Waals surface area contributed by atoms with E-state index in [1.165, 1.54) is 13.0 Å². The highest BCUT2D eigenvalue weighted by Crippen LogP contribution is 2.40. The minimum atomic E-state index is -0.663. The van der Waals surface area contributed by atoms with E-state index in [0.717, 1.165) is 57.0 Å². The summed E-state index contributed by atoms with van der Waals surface area (Å²) >= 11 is 0. The maximum atomic E-state index is 11.8. The molecule has 0 aliphatic heterocycles. The number of aliphatic carboxylic acids is 1. The molecule has 0 saturated heterocycles. The molecule has 0 amide bonds. The van der Waals surface area contributed by atoms with Gasteiger partial charge < -0.3 is 15.3 Å². The van der Waals surface area contributed by atoms with Gasteiger partial charge in [-0.3, -0.25) is 4.79 Å². The number of hydrogen-bond donors (Lipinski definition) is 2. The van der Waals surface area contributed by atoms with Crippen LogP contribution in [-0.4, -0.2) is 48.2 Å². The lowest BCUT2D eigenvalue weighted by Crippen LogP contribution is -2.55. The second-order valence-electron chi connectivity index (χ2n) is 7.32. The summed E-state index contributed by atoms with van der Waals surface area (Å²) in [6.07, 6.45) is 6.23. The van der Waals surface area contributed by atoms with E-state index in [1.807, 2.05) is 0 Å². The molecule has 2 aliphatic rings. The average Bonchev–Trinajstić information content (AvgIpc) is 2.98. The van der Waals surface area contributed by atoms with Gasteiger partial charge >= 0.3 is 5.97 Å². The summed E-state index contributed by atoms with van der Waals surface area (Å²) in [5.41, 5.74) is -0.663. The molecule has 0 bridgehead atoms. The first-order valence-electron chi connectivity index (χ1n) is 8.66. The smallest absolute Gasteiger partial charge is 0.324 e. The van der Waals surface area contributed by atoms with E-state index in [0.29, 0.717) is 0 Å². The quantitative estimate of drug-likeness (QED) is 0.687. The highest BCUT2D eigenvalue weighted by Gasteiger charge is 2.48. The average molecular weight is 296 g/mol. The zero-order valence-electron chi connectivity index (χ0n) is 13.9. The number of carbonyl (C=O) groups is 1. The van der Waals surface area contributed by atoms with Gasteiger partial charge in [0.2, 0.25) is 0 Å². The Bertz CT molecular complexity index is 361. The first-order valence-corrected chi connectivity index (χ1v) is 8.66. The van der Waals surface area contributed by atoms with Crippen LogP contribution in [0.25, 0.3) is 0 Å². The van der Waals surface area contributed by atoms with Crippen LogP contribution in [0.2, 0.25) is 0 Å². The number of carboxylic acids is 1. The normalized spacial score (nSPS) is 35.3. The van der Waals surface area contributed by atoms with Crippen LogP contribution < -0.4 is 5.32 Å². The van der Waals surface area contributed by atoms with Gasteiger partial charge in [-0.25, -0.2) is 0 Å². The topological polar surface area (TPSA) is 52.6 Å². The SMILES string of the molecule is CCCNC1(C(=O)O)CCCC1CCN(C)CC1CC1C. The molecule has 0 aromatic heterocycles. The van der Waals surface area contributed by atoms with Crippen LogP contribution in [-0.2, 0) is 4.79 Å². The van der Waals surface area contributed by atoms with Crippen molar-refractivity contribution < 1.29 is 9.90 Å². The number of hydrogen-bond acceptors (Lipinski definition) is 3. The lowest BCUT2D eigenvalue weighted by molar-refractivity contribution is -0.146. The Hall–Kier alpha value is -0.610. The van der Waals surface area contributed by atoms with Gasteiger partial charge in [0.05, 0.1) is 0 Å². The lowest BCUT2D eigenvalue weighted by atomic mass is 9.84. The molecule has 0 spiro atoms. The largest absolute Gasteiger partial charge is 0.480 e. The van der Waals surface area contributed by atoms with Gasteiger partial charge in [0, 0.05) is 6.54 Å². The summed E-state index contributed by atoms with van der Waals surface area (Å²) in [7, 11) is 2.18. The predicted molar refractivity (Wildman–Crippen MR) is 85.4 cm³/mol. The maximum Gasteiger partial charge on any atom is 0.324 e. The predicted octanol–water partition coefficient (Wildman–Crippen LogP) is 2.59. The molecule has 2 fully saturated rings. The van der Waals surface area contributed by atoms with Gasteiger partial charge in [0.1, 0.15) is 5.54 Å². The van der Waals surface area contributed by atoms with Crippen LogP contribution in [0.4, 0.5) is 0 Å². The van der Waals surface area contributed by atoms with Gasteiger partial charge in [-0.2, -0.15) is 0 Å². The van der Waals surface area contributed by atoms with Crippen molar-refractivity contribution in [3.8, 4) is 0 Å². The third-order valence-corrected chi connectivity index (χ3v) is 5.57. The number of nitrogens with zero attached hydrogens (tertiary/aromatic N) is 1. The van der Waals surface area contributed by atoms with Gasteiger partial charge in [-0.15, -0.1) is 0 Å². The summed E-state index contributed by atoms with van der Waals surface area (Å²) in [6, 6.07) is 0. The van der Waals surface area contributed by atoms with Crippen LogP contribution in [0.1, 0.15) is 52.4 Å². The van der Waals surface area contributed by atoms with Crippen molar-refractivity contribution >= 4 is 5.97 Å². The van der Waals surface area contributed by atoms with Crippen molar-refractivity contribution in [1.82, 2.24) is 10.2 Å². The van der Waals surface area contributed by atoms with E-state index in [9.17, 15) is 9.90 Å². The van der Waals surface area contributed by atoms with Crippen LogP contribution in [0.15, 0.2) is 0 Å². The molecule has 4 heteroatoms. The zero-order chi connectivity index (χ0) is 15.5. The van der Waals surface area contributed by atoms with Crippen LogP contribution in [0, 0.1) is 17.8 Å². The molecule has 2 saturated carbocycles. The number of nitrogens with one attached hydrogen (secondary N) is 1. The highest BCUT2D eigenvalue weighted by molar-refractivity contribution is 5.79. The Morgan fingerprint density at radius 2 is 2.19 bits per heavy atom. The molecule has 0 aromatic carbocycles. The second-order valence-corrected chi connectivity index (χ2v) is 7.32. The number of carboxylic acid groups (broad SMARTS) is 1. The third-order valence-electron chi connectivity index (χ3n) is 5.57. The molecule has 0 radical (unpaired) electrons. The van der Waals surface area contributed by atoms with E-state index in [-0.39, 0.29) is 5.92 Å². The second kappa shape index (κ2) is 7.10. The van der Waals surface area contributed by atoms with E-state index in [2.05, 4.69) is 31.1 Å². The van der Waals surface area contributed by atoms with Crippen LogP contribution in [0.5, 0.6) is 0 Å². The summed E-state index contributed by atoms with van der Waals surface area (Å²) in [5, 5.41) is 13.1. The highest BCUT2D eigenvalue weighted by atomic mass is 16.4. The molecule has 0 aromatic rings. The molecular weight excluding hydrogens is 264 g/mol. The molecule has 21 heavy (non-hydrogen) atoms. The minimum Gasteiger partial charge on any atom is -0.480 e. The van der Waals surface area contributed by atoms with Crippen molar-refractivity contribution in [3.05, 3.63) is 0 Å². The van der Waals surface area contributed by atoms with Gasteiger partial charge in [0.25, 0.3) is 0 Å². The lowest BCUT2D eigenvalue weighted by Gasteiger charge is -2.33. The van der Waals surface area contributed by atoms with Crippen molar-refractivity contribution in [2.45, 2.75) is 57.9 Å². The van der Waals surface area contributed by atoms with Crippen molar-refractivity contribution in [2.24, 2.45) is 17.8 Å². The standard InChI is InChI=1S/C17H32N2O2/c1-4-9-18-17(16(20)21)8-5-6-15(17)7-10-19(3)12-14-11-13(14)2/h13-15,18H,4-12H2,1-3H3,(H,20,21). The fourth-order valence-corrected chi connectivity index (χ4v) is 3.93. The Morgan fingerprint density at radius 3 is 2.76 bits per heavy atom. The molecule has 122 valence electrons. The minimum absolute atomic E-state index is 0.278. The number of rotatable bonds is 9. The van der Waals surface area contributed by atoms with Gasteiger partial charge in [-0.05, 0) is 70.0 Å². The van der Waals surface area contributed by atoms with E-state index >= 15 is 0 Å². The van der Waals surface area contributed by atoms with Crippen LogP contribution in [0.3, 0.4) is 0 Å². The molecule has 4 unspecified atom stereocenters. The Balaban J connectivity index is 1.85. The van der Waals surface area contributed by atoms with E-state index in [1.54, 1.807) is 0 Å². The first kappa shape index (κ1) is 16.8. The molecule has 0 heterocycles. The summed E-state index contributed by atoms with van der Waals surface area (Å²) < 4.78 is 0. The summed E-state index contributed by atoms with van der Waals surface area (Å²) in [5.74, 6) is 1.40. The molecule has 4 nitrogen and oxygen atoms in total. The van der Waals surface area contributed by atoms with Crippen LogP contribution >= 0.6 is 0 Å². The molecular formula is C17H32N2O2.